The van der Waals surface area contributed by atoms with E-state index < -0.39 is 11.9 Å². The van der Waals surface area contributed by atoms with Crippen molar-refractivity contribution in [3.8, 4) is 11.5 Å². The molecule has 0 heterocycles. The van der Waals surface area contributed by atoms with Crippen LogP contribution in [0.25, 0.3) is 0 Å². The smallest absolute Gasteiger partial charge is 0.311 e. The molecule has 0 aliphatic carbocycles. The van der Waals surface area contributed by atoms with Crippen LogP contribution in [0.5, 0.6) is 11.5 Å². The number of benzene rings is 1. The van der Waals surface area contributed by atoms with Crippen molar-refractivity contribution in [3.05, 3.63) is 24.3 Å². The average molecular weight is 334 g/mol. The fourth-order valence-corrected chi connectivity index (χ4v) is 1.90. The third kappa shape index (κ3) is 8.82. The summed E-state index contributed by atoms with van der Waals surface area (Å²) < 4.78 is 10.2. The Labute approximate surface area is 141 Å². The molecule has 0 bridgehead atoms. The van der Waals surface area contributed by atoms with Gasteiger partial charge in [0.25, 0.3) is 0 Å². The van der Waals surface area contributed by atoms with Gasteiger partial charge in [0.1, 0.15) is 23.1 Å². The fraction of sp³-hybridized carbons (Fsp3) is 0.444. The fourth-order valence-electron chi connectivity index (χ4n) is 1.90. The molecule has 1 aromatic rings. The Kier molecular flexibility index (Phi) is 8.39. The summed E-state index contributed by atoms with van der Waals surface area (Å²) in [5.74, 6) is -0.0524. The van der Waals surface area contributed by atoms with Crippen LogP contribution in [0.3, 0.4) is 0 Å². The minimum Gasteiger partial charge on any atom is -0.427 e. The SMILES string of the molecule is CC(=O)CCCC(=O)Oc1ccc(OC(=O)CCCC(C)=O)cc1. The van der Waals surface area contributed by atoms with E-state index in [2.05, 4.69) is 0 Å². The van der Waals surface area contributed by atoms with E-state index in [9.17, 15) is 19.2 Å². The second-order valence-electron chi connectivity index (χ2n) is 5.53. The number of hydrogen-bond donors (Lipinski definition) is 0. The number of carbonyl (C=O) groups is 4. The molecule has 0 aliphatic heterocycles. The van der Waals surface area contributed by atoms with E-state index in [-0.39, 0.29) is 24.4 Å². The maximum absolute atomic E-state index is 11.6. The molecule has 6 nitrogen and oxygen atoms in total. The van der Waals surface area contributed by atoms with Gasteiger partial charge in [-0.25, -0.2) is 0 Å². The van der Waals surface area contributed by atoms with Crippen molar-refractivity contribution in [2.45, 2.75) is 52.4 Å². The highest BCUT2D eigenvalue weighted by Crippen LogP contribution is 2.19. The molecule has 130 valence electrons. The molecule has 0 saturated heterocycles. The standard InChI is InChI=1S/C18H22O6/c1-13(19)5-3-7-17(21)23-15-9-11-16(12-10-15)24-18(22)8-4-6-14(2)20/h9-12H,3-8H2,1-2H3. The maximum atomic E-state index is 11.6. The van der Waals surface area contributed by atoms with Crippen LogP contribution in [-0.2, 0) is 19.2 Å². The molecular weight excluding hydrogens is 312 g/mol. The largest absolute Gasteiger partial charge is 0.427 e. The number of hydrogen-bond acceptors (Lipinski definition) is 6. The molecule has 0 N–H and O–H groups in total. The third-order valence-corrected chi connectivity index (χ3v) is 3.11. The van der Waals surface area contributed by atoms with Gasteiger partial charge >= 0.3 is 11.9 Å². The summed E-state index contributed by atoms with van der Waals surface area (Å²) in [6.45, 7) is 2.96. The number of ether oxygens (including phenoxy) is 2. The lowest BCUT2D eigenvalue weighted by Gasteiger charge is -2.06. The minimum atomic E-state index is -0.412. The highest BCUT2D eigenvalue weighted by atomic mass is 16.5. The first-order chi connectivity index (χ1) is 11.4. The van der Waals surface area contributed by atoms with Gasteiger partial charge in [-0.1, -0.05) is 0 Å². The predicted octanol–water partition coefficient (Wildman–Crippen LogP) is 3.02. The summed E-state index contributed by atoms with van der Waals surface area (Å²) >= 11 is 0. The van der Waals surface area contributed by atoms with Gasteiger partial charge in [0.15, 0.2) is 0 Å². The van der Waals surface area contributed by atoms with Crippen LogP contribution in [0, 0.1) is 0 Å². The molecule has 6 heteroatoms. The van der Waals surface area contributed by atoms with Gasteiger partial charge in [0, 0.05) is 25.7 Å². The first-order valence-corrected chi connectivity index (χ1v) is 7.87. The molecule has 0 spiro atoms. The van der Waals surface area contributed by atoms with Gasteiger partial charge in [-0.2, -0.15) is 0 Å². The summed E-state index contributed by atoms with van der Waals surface area (Å²) in [6.07, 6.45) is 1.98. The van der Waals surface area contributed by atoms with Crippen molar-refractivity contribution >= 4 is 23.5 Å². The normalized spacial score (nSPS) is 10.1. The number of Topliss-reactive ketones (excluding diaryl/α,β-unsaturated/α-hetero) is 2. The Balaban J connectivity index is 2.37. The molecule has 0 amide bonds. The highest BCUT2D eigenvalue weighted by molar-refractivity contribution is 5.78. The van der Waals surface area contributed by atoms with Gasteiger partial charge in [0.2, 0.25) is 0 Å². The van der Waals surface area contributed by atoms with Gasteiger partial charge in [-0.3, -0.25) is 9.59 Å². The summed E-state index contributed by atoms with van der Waals surface area (Å²) in [4.78, 5) is 44.8. The second kappa shape index (κ2) is 10.3. The van der Waals surface area contributed by atoms with E-state index >= 15 is 0 Å². The molecule has 0 saturated carbocycles. The van der Waals surface area contributed by atoms with Crippen LogP contribution in [0.4, 0.5) is 0 Å². The number of carbonyl (C=O) groups excluding carboxylic acids is 4. The van der Waals surface area contributed by atoms with Gasteiger partial charge in [-0.15, -0.1) is 0 Å². The molecule has 0 fully saturated rings. The van der Waals surface area contributed by atoms with Crippen molar-refractivity contribution in [2.75, 3.05) is 0 Å². The number of esters is 2. The second-order valence-corrected chi connectivity index (χ2v) is 5.53. The van der Waals surface area contributed by atoms with Gasteiger partial charge in [-0.05, 0) is 51.0 Å². The number of rotatable bonds is 10. The maximum Gasteiger partial charge on any atom is 0.311 e. The molecule has 1 rings (SSSR count). The third-order valence-electron chi connectivity index (χ3n) is 3.11. The van der Waals surface area contributed by atoms with E-state index in [0.717, 1.165) is 0 Å². The molecule has 0 atom stereocenters. The molecule has 0 aromatic heterocycles. The van der Waals surface area contributed by atoms with E-state index in [4.69, 9.17) is 9.47 Å². The molecule has 1 aromatic carbocycles. The van der Waals surface area contributed by atoms with Crippen molar-refractivity contribution in [1.82, 2.24) is 0 Å². The first kappa shape index (κ1) is 19.5. The molecule has 0 radical (unpaired) electrons. The van der Waals surface area contributed by atoms with E-state index in [1.807, 2.05) is 0 Å². The Bertz CT molecular complexity index is 535. The Morgan fingerprint density at radius 2 is 1.00 bits per heavy atom. The zero-order valence-corrected chi connectivity index (χ0v) is 14.0. The number of ketones is 2. The molecule has 0 aliphatic rings. The van der Waals surface area contributed by atoms with Crippen molar-refractivity contribution in [2.24, 2.45) is 0 Å². The van der Waals surface area contributed by atoms with Crippen LogP contribution in [0.1, 0.15) is 52.4 Å². The van der Waals surface area contributed by atoms with Crippen LogP contribution < -0.4 is 9.47 Å². The lowest BCUT2D eigenvalue weighted by atomic mass is 10.2. The van der Waals surface area contributed by atoms with E-state index in [0.29, 0.717) is 37.2 Å². The highest BCUT2D eigenvalue weighted by Gasteiger charge is 2.08. The van der Waals surface area contributed by atoms with Crippen molar-refractivity contribution in [3.63, 3.8) is 0 Å². The lowest BCUT2D eigenvalue weighted by molar-refractivity contribution is -0.135. The summed E-state index contributed by atoms with van der Waals surface area (Å²) in [5.41, 5.74) is 0. The minimum absolute atomic E-state index is 0.0391. The zero-order chi connectivity index (χ0) is 17.9. The van der Waals surface area contributed by atoms with Gasteiger partial charge < -0.3 is 19.1 Å². The summed E-state index contributed by atoms with van der Waals surface area (Å²) in [6, 6.07) is 6.12. The molecule has 24 heavy (non-hydrogen) atoms. The van der Waals surface area contributed by atoms with Crippen LogP contribution in [0.15, 0.2) is 24.3 Å². The van der Waals surface area contributed by atoms with Crippen molar-refractivity contribution < 1.29 is 28.7 Å². The summed E-state index contributed by atoms with van der Waals surface area (Å²) in [7, 11) is 0. The van der Waals surface area contributed by atoms with Crippen molar-refractivity contribution in [1.29, 1.82) is 0 Å². The average Bonchev–Trinajstić information content (AvgIpc) is 2.48. The van der Waals surface area contributed by atoms with Crippen LogP contribution in [0.2, 0.25) is 0 Å². The summed E-state index contributed by atoms with van der Waals surface area (Å²) in [5, 5.41) is 0. The predicted molar refractivity (Wildman–Crippen MR) is 86.8 cm³/mol. The van der Waals surface area contributed by atoms with Crippen LogP contribution in [-0.4, -0.2) is 23.5 Å². The Morgan fingerprint density at radius 3 is 1.29 bits per heavy atom. The topological polar surface area (TPSA) is 86.7 Å². The molecular formula is C18H22O6. The first-order valence-electron chi connectivity index (χ1n) is 7.87. The zero-order valence-electron chi connectivity index (χ0n) is 14.0. The Hall–Kier alpha value is -2.50. The molecule has 0 unspecified atom stereocenters. The van der Waals surface area contributed by atoms with E-state index in [1.165, 1.54) is 38.1 Å². The monoisotopic (exact) mass is 334 g/mol. The van der Waals surface area contributed by atoms with Gasteiger partial charge in [0.05, 0.1) is 0 Å². The quantitative estimate of drug-likeness (QED) is 0.483. The Morgan fingerprint density at radius 1 is 0.667 bits per heavy atom. The van der Waals surface area contributed by atoms with Crippen LogP contribution >= 0.6 is 0 Å². The lowest BCUT2D eigenvalue weighted by Crippen LogP contribution is -2.09. The van der Waals surface area contributed by atoms with E-state index in [1.54, 1.807) is 0 Å².